The van der Waals surface area contributed by atoms with Crippen LogP contribution in [0, 0.1) is 0 Å². The highest BCUT2D eigenvalue weighted by Crippen LogP contribution is 2.38. The second-order valence-electron chi connectivity index (χ2n) is 8.60. The van der Waals surface area contributed by atoms with E-state index in [0.717, 1.165) is 58.3 Å². The highest BCUT2D eigenvalue weighted by atomic mass is 35.5. The van der Waals surface area contributed by atoms with E-state index in [4.69, 9.17) is 21.1 Å². The molecule has 0 unspecified atom stereocenters. The summed E-state index contributed by atoms with van der Waals surface area (Å²) in [5, 5.41) is 9.98. The van der Waals surface area contributed by atoms with Crippen molar-refractivity contribution in [2.24, 2.45) is 0 Å². The number of nitrogens with zero attached hydrogens (tertiary/aromatic N) is 3. The van der Waals surface area contributed by atoms with E-state index in [1.54, 1.807) is 19.2 Å². The lowest BCUT2D eigenvalue weighted by atomic mass is 10.1. The third-order valence-corrected chi connectivity index (χ3v) is 6.35. The third-order valence-electron chi connectivity index (χ3n) is 6.02. The van der Waals surface area contributed by atoms with E-state index >= 15 is 0 Å². The van der Waals surface area contributed by atoms with Gasteiger partial charge >= 0.3 is 6.18 Å². The smallest absolute Gasteiger partial charge is 0.417 e. The number of hydrogen-bond donors (Lipinski definition) is 3. The van der Waals surface area contributed by atoms with E-state index in [2.05, 4.69) is 30.8 Å². The van der Waals surface area contributed by atoms with Crippen molar-refractivity contribution in [2.45, 2.75) is 12.6 Å². The summed E-state index contributed by atoms with van der Waals surface area (Å²) in [6.07, 6.45) is -2.42. The molecule has 37 heavy (non-hydrogen) atoms. The second-order valence-corrected chi connectivity index (χ2v) is 9.01. The zero-order valence-electron chi connectivity index (χ0n) is 20.5. The number of ether oxygens (including phenoxy) is 2. The minimum absolute atomic E-state index is 0.197. The molecular formula is C25H30ClF3N6O2. The molecule has 0 aliphatic carbocycles. The number of aromatic nitrogens is 2. The van der Waals surface area contributed by atoms with Crippen molar-refractivity contribution in [1.82, 2.24) is 25.5 Å². The number of methoxy groups -OCH3 is 1. The first-order chi connectivity index (χ1) is 17.8. The number of benzene rings is 2. The summed E-state index contributed by atoms with van der Waals surface area (Å²) in [6, 6.07) is 7.08. The number of nitrogens with one attached hydrogen (secondary N) is 3. The van der Waals surface area contributed by atoms with Crippen LogP contribution in [0.1, 0.15) is 12.0 Å². The maximum atomic E-state index is 13.3. The SMILES string of the molecule is COc1cc2ncnc(Nc3ccc(Cl)c(C(F)(F)F)c3)c2cc1OCCCN1CCNCCNCC1. The van der Waals surface area contributed by atoms with Crippen LogP contribution in [0.15, 0.2) is 36.7 Å². The molecule has 0 bridgehead atoms. The van der Waals surface area contributed by atoms with Crippen LogP contribution in [0.25, 0.3) is 10.9 Å². The Labute approximate surface area is 218 Å². The van der Waals surface area contributed by atoms with Gasteiger partial charge in [0.2, 0.25) is 0 Å². The Kier molecular flexibility index (Phi) is 9.25. The van der Waals surface area contributed by atoms with Gasteiger partial charge < -0.3 is 30.3 Å². The van der Waals surface area contributed by atoms with Crippen LogP contribution in [-0.4, -0.2) is 74.4 Å². The van der Waals surface area contributed by atoms with Crippen LogP contribution in [0.5, 0.6) is 11.5 Å². The van der Waals surface area contributed by atoms with E-state index in [1.807, 2.05) is 0 Å². The Morgan fingerprint density at radius 1 is 1.03 bits per heavy atom. The maximum Gasteiger partial charge on any atom is 0.417 e. The standard InChI is InChI=1S/C25H30ClF3N6O2/c1-36-22-15-21-18(14-23(22)37-12-2-9-35-10-7-30-5-6-31-8-11-35)24(33-16-32-21)34-17-3-4-20(26)19(13-17)25(27,28)29/h3-4,13-16,30-31H,2,5-12H2,1H3,(H,32,33,34). The van der Waals surface area contributed by atoms with Gasteiger partial charge in [-0.05, 0) is 30.7 Å². The normalized spacial score (nSPS) is 15.6. The fourth-order valence-electron chi connectivity index (χ4n) is 4.10. The molecule has 3 N–H and O–H groups in total. The monoisotopic (exact) mass is 538 g/mol. The molecule has 3 aromatic rings. The van der Waals surface area contributed by atoms with Crippen LogP contribution < -0.4 is 25.4 Å². The first kappa shape index (κ1) is 27.2. The van der Waals surface area contributed by atoms with Gasteiger partial charge in [-0.2, -0.15) is 13.2 Å². The fourth-order valence-corrected chi connectivity index (χ4v) is 4.32. The Bertz CT molecular complexity index is 1190. The lowest BCUT2D eigenvalue weighted by Crippen LogP contribution is -2.35. The molecule has 1 aliphatic heterocycles. The molecule has 4 rings (SSSR count). The molecule has 200 valence electrons. The number of anilines is 2. The van der Waals surface area contributed by atoms with Crippen molar-refractivity contribution in [3.63, 3.8) is 0 Å². The molecule has 12 heteroatoms. The van der Waals surface area contributed by atoms with Gasteiger partial charge in [0.05, 0.1) is 29.8 Å². The first-order valence-corrected chi connectivity index (χ1v) is 12.5. The van der Waals surface area contributed by atoms with E-state index < -0.39 is 11.7 Å². The molecule has 0 saturated carbocycles. The van der Waals surface area contributed by atoms with Gasteiger partial charge in [-0.25, -0.2) is 9.97 Å². The number of alkyl halides is 3. The van der Waals surface area contributed by atoms with Gasteiger partial charge in [-0.3, -0.25) is 0 Å². The summed E-state index contributed by atoms with van der Waals surface area (Å²) in [6.45, 7) is 7.18. The van der Waals surface area contributed by atoms with Gasteiger partial charge in [-0.1, -0.05) is 11.6 Å². The highest BCUT2D eigenvalue weighted by molar-refractivity contribution is 6.31. The first-order valence-electron chi connectivity index (χ1n) is 12.1. The number of hydrogen-bond acceptors (Lipinski definition) is 8. The topological polar surface area (TPSA) is 83.6 Å². The lowest BCUT2D eigenvalue weighted by molar-refractivity contribution is -0.137. The molecular weight excluding hydrogens is 509 g/mol. The van der Waals surface area contributed by atoms with Gasteiger partial charge in [0.25, 0.3) is 0 Å². The quantitative estimate of drug-likeness (QED) is 0.366. The summed E-state index contributed by atoms with van der Waals surface area (Å²) in [4.78, 5) is 10.9. The summed E-state index contributed by atoms with van der Waals surface area (Å²) in [7, 11) is 1.55. The van der Waals surface area contributed by atoms with Crippen molar-refractivity contribution >= 4 is 34.0 Å². The molecule has 0 atom stereocenters. The van der Waals surface area contributed by atoms with Crippen molar-refractivity contribution < 1.29 is 22.6 Å². The van der Waals surface area contributed by atoms with Crippen LogP contribution in [0.2, 0.25) is 5.02 Å². The second kappa shape index (κ2) is 12.6. The fraction of sp³-hybridized carbons (Fsp3) is 0.440. The van der Waals surface area contributed by atoms with Crippen molar-refractivity contribution in [3.8, 4) is 11.5 Å². The average Bonchev–Trinajstić information content (AvgIpc) is 3.01. The summed E-state index contributed by atoms with van der Waals surface area (Å²) >= 11 is 5.75. The number of halogens is 4. The molecule has 1 aromatic heterocycles. The number of fused-ring (bicyclic) bond motifs is 1. The summed E-state index contributed by atoms with van der Waals surface area (Å²) in [5.74, 6) is 1.36. The molecule has 2 aromatic carbocycles. The Morgan fingerprint density at radius 3 is 2.49 bits per heavy atom. The van der Waals surface area contributed by atoms with Crippen LogP contribution >= 0.6 is 11.6 Å². The van der Waals surface area contributed by atoms with Crippen molar-refractivity contribution in [1.29, 1.82) is 0 Å². The van der Waals surface area contributed by atoms with Gasteiger partial charge in [0, 0.05) is 63.0 Å². The Balaban J connectivity index is 1.48. The molecule has 1 aliphatic rings. The molecule has 0 amide bonds. The van der Waals surface area contributed by atoms with E-state index in [0.29, 0.717) is 34.8 Å². The van der Waals surface area contributed by atoms with E-state index in [9.17, 15) is 13.2 Å². The predicted molar refractivity (Wildman–Crippen MR) is 138 cm³/mol. The largest absolute Gasteiger partial charge is 0.493 e. The zero-order valence-corrected chi connectivity index (χ0v) is 21.3. The van der Waals surface area contributed by atoms with Crippen LogP contribution in [0.4, 0.5) is 24.7 Å². The van der Waals surface area contributed by atoms with E-state index in [1.165, 1.54) is 18.5 Å². The molecule has 1 fully saturated rings. The average molecular weight is 539 g/mol. The van der Waals surface area contributed by atoms with Gasteiger partial charge in [0.1, 0.15) is 12.1 Å². The Hall–Kier alpha value is -2.86. The molecule has 0 radical (unpaired) electrons. The molecule has 8 nitrogen and oxygen atoms in total. The molecule has 2 heterocycles. The Morgan fingerprint density at radius 2 is 1.78 bits per heavy atom. The summed E-state index contributed by atoms with van der Waals surface area (Å²) in [5.41, 5.74) is -0.170. The zero-order chi connectivity index (χ0) is 26.3. The van der Waals surface area contributed by atoms with Crippen molar-refractivity contribution in [2.75, 3.05) is 64.8 Å². The van der Waals surface area contributed by atoms with Gasteiger partial charge in [0.15, 0.2) is 11.5 Å². The van der Waals surface area contributed by atoms with E-state index in [-0.39, 0.29) is 10.7 Å². The van der Waals surface area contributed by atoms with Crippen LogP contribution in [0.3, 0.4) is 0 Å². The molecule has 0 spiro atoms. The minimum atomic E-state index is -4.57. The summed E-state index contributed by atoms with van der Waals surface area (Å²) < 4.78 is 51.5. The predicted octanol–water partition coefficient (Wildman–Crippen LogP) is 4.32. The lowest BCUT2D eigenvalue weighted by Gasteiger charge is -2.21. The van der Waals surface area contributed by atoms with Gasteiger partial charge in [-0.15, -0.1) is 0 Å². The van der Waals surface area contributed by atoms with Crippen molar-refractivity contribution in [3.05, 3.63) is 47.2 Å². The maximum absolute atomic E-state index is 13.3. The third kappa shape index (κ3) is 7.35. The van der Waals surface area contributed by atoms with Crippen LogP contribution in [-0.2, 0) is 6.18 Å². The minimum Gasteiger partial charge on any atom is -0.493 e. The molecule has 1 saturated heterocycles. The number of rotatable bonds is 8. The highest BCUT2D eigenvalue weighted by Gasteiger charge is 2.33.